The molecule has 2 saturated heterocycles. The summed E-state index contributed by atoms with van der Waals surface area (Å²) in [5.41, 5.74) is 0.935. The Morgan fingerprint density at radius 1 is 1.23 bits per heavy atom. The van der Waals surface area contributed by atoms with Gasteiger partial charge in [-0.1, -0.05) is 5.16 Å². The summed E-state index contributed by atoms with van der Waals surface area (Å²) in [5.74, 6) is 2.18. The Labute approximate surface area is 130 Å². The van der Waals surface area contributed by atoms with Crippen LogP contribution in [0.25, 0.3) is 11.5 Å². The maximum Gasteiger partial charge on any atom is 0.261 e. The van der Waals surface area contributed by atoms with E-state index in [1.165, 1.54) is 32.4 Å². The molecule has 0 radical (unpaired) electrons. The predicted molar refractivity (Wildman–Crippen MR) is 83.7 cm³/mol. The second kappa shape index (κ2) is 5.68. The molecule has 2 aromatic heterocycles. The van der Waals surface area contributed by atoms with Gasteiger partial charge in [0.25, 0.3) is 5.89 Å². The van der Waals surface area contributed by atoms with Gasteiger partial charge in [-0.05, 0) is 51.4 Å². The van der Waals surface area contributed by atoms with Crippen LogP contribution in [0.15, 0.2) is 22.9 Å². The largest absolute Gasteiger partial charge is 0.354 e. The second-order valence-corrected chi connectivity index (χ2v) is 6.15. The Bertz CT molecular complexity index is 649. The van der Waals surface area contributed by atoms with E-state index in [4.69, 9.17) is 4.52 Å². The molecule has 0 saturated carbocycles. The lowest BCUT2D eigenvalue weighted by Crippen LogP contribution is -2.35. The van der Waals surface area contributed by atoms with Crippen molar-refractivity contribution in [1.82, 2.24) is 20.0 Å². The molecule has 116 valence electrons. The molecule has 6 heteroatoms. The van der Waals surface area contributed by atoms with Gasteiger partial charge in [0.2, 0.25) is 0 Å². The van der Waals surface area contributed by atoms with Gasteiger partial charge in [-0.3, -0.25) is 4.90 Å². The van der Waals surface area contributed by atoms with E-state index in [9.17, 15) is 0 Å². The van der Waals surface area contributed by atoms with E-state index in [0.717, 1.165) is 24.5 Å². The molecule has 0 unspecified atom stereocenters. The third kappa shape index (κ3) is 2.47. The minimum Gasteiger partial charge on any atom is -0.354 e. The van der Waals surface area contributed by atoms with Crippen molar-refractivity contribution in [1.29, 1.82) is 0 Å². The number of hydrogen-bond acceptors (Lipinski definition) is 6. The van der Waals surface area contributed by atoms with Crippen LogP contribution in [0, 0.1) is 6.92 Å². The monoisotopic (exact) mass is 299 g/mol. The molecule has 4 heterocycles. The van der Waals surface area contributed by atoms with Gasteiger partial charge in [-0.25, -0.2) is 4.98 Å². The lowest BCUT2D eigenvalue weighted by Gasteiger charge is -2.24. The zero-order valence-electron chi connectivity index (χ0n) is 12.9. The first-order valence-corrected chi connectivity index (χ1v) is 8.06. The first kappa shape index (κ1) is 13.7. The highest BCUT2D eigenvalue weighted by molar-refractivity contribution is 5.70. The van der Waals surface area contributed by atoms with Crippen LogP contribution in [0.2, 0.25) is 0 Å². The van der Waals surface area contributed by atoms with Crippen molar-refractivity contribution in [3.63, 3.8) is 0 Å². The Balaban J connectivity index is 1.58. The Hall–Kier alpha value is -1.95. The van der Waals surface area contributed by atoms with E-state index in [2.05, 4.69) is 24.9 Å². The zero-order chi connectivity index (χ0) is 14.9. The topological polar surface area (TPSA) is 58.3 Å². The van der Waals surface area contributed by atoms with Crippen LogP contribution in [0.3, 0.4) is 0 Å². The molecule has 2 aliphatic heterocycles. The highest BCUT2D eigenvalue weighted by Crippen LogP contribution is 2.31. The SMILES string of the molecule is Cc1noc(-c2cccnc2N2CC[C@H](N3CCCC3)C2)n1. The van der Waals surface area contributed by atoms with Crippen LogP contribution < -0.4 is 4.90 Å². The molecule has 4 rings (SSSR count). The van der Waals surface area contributed by atoms with Crippen molar-refractivity contribution < 1.29 is 4.52 Å². The van der Waals surface area contributed by atoms with Gasteiger partial charge in [0.1, 0.15) is 5.82 Å². The normalized spacial score (nSPS) is 22.6. The number of rotatable bonds is 3. The molecule has 0 aromatic carbocycles. The van der Waals surface area contributed by atoms with Crippen molar-refractivity contribution in [3.8, 4) is 11.5 Å². The van der Waals surface area contributed by atoms with Gasteiger partial charge in [0.15, 0.2) is 5.82 Å². The maximum absolute atomic E-state index is 5.34. The lowest BCUT2D eigenvalue weighted by atomic mass is 10.2. The molecule has 2 aromatic rings. The molecule has 22 heavy (non-hydrogen) atoms. The number of anilines is 1. The van der Waals surface area contributed by atoms with Crippen molar-refractivity contribution in [3.05, 3.63) is 24.2 Å². The average molecular weight is 299 g/mol. The lowest BCUT2D eigenvalue weighted by molar-refractivity contribution is 0.260. The molecule has 0 spiro atoms. The summed E-state index contributed by atoms with van der Waals surface area (Å²) in [6.07, 6.45) is 5.73. The first-order chi connectivity index (χ1) is 10.8. The number of aromatic nitrogens is 3. The van der Waals surface area contributed by atoms with Crippen LogP contribution >= 0.6 is 0 Å². The minimum atomic E-state index is 0.560. The molecule has 0 N–H and O–H groups in total. The zero-order valence-corrected chi connectivity index (χ0v) is 12.9. The van der Waals surface area contributed by atoms with Gasteiger partial charge < -0.3 is 9.42 Å². The van der Waals surface area contributed by atoms with Crippen LogP contribution in [-0.2, 0) is 0 Å². The fourth-order valence-corrected chi connectivity index (χ4v) is 3.56. The Kier molecular flexibility index (Phi) is 3.54. The van der Waals surface area contributed by atoms with Crippen LogP contribution in [0.5, 0.6) is 0 Å². The van der Waals surface area contributed by atoms with Crippen LogP contribution in [-0.4, -0.2) is 52.2 Å². The van der Waals surface area contributed by atoms with Gasteiger partial charge in [-0.2, -0.15) is 4.98 Å². The number of likely N-dealkylation sites (tertiary alicyclic amines) is 1. The third-order valence-corrected chi connectivity index (χ3v) is 4.66. The van der Waals surface area contributed by atoms with E-state index in [1.54, 1.807) is 0 Å². The summed E-state index contributed by atoms with van der Waals surface area (Å²) in [5, 5.41) is 3.90. The molecular weight excluding hydrogens is 278 g/mol. The number of hydrogen-bond donors (Lipinski definition) is 0. The number of nitrogens with zero attached hydrogens (tertiary/aromatic N) is 5. The quantitative estimate of drug-likeness (QED) is 0.865. The van der Waals surface area contributed by atoms with E-state index >= 15 is 0 Å². The standard InChI is InChI=1S/C16H21N5O/c1-12-18-16(22-19-12)14-5-4-7-17-15(14)21-10-6-13(11-21)20-8-2-3-9-20/h4-5,7,13H,2-3,6,8-11H2,1H3/t13-/m0/s1. The molecule has 1 atom stereocenters. The average Bonchev–Trinajstić information content (AvgIpc) is 3.28. The third-order valence-electron chi connectivity index (χ3n) is 4.66. The summed E-state index contributed by atoms with van der Waals surface area (Å²) < 4.78 is 5.34. The first-order valence-electron chi connectivity index (χ1n) is 8.06. The van der Waals surface area contributed by atoms with Gasteiger partial charge >= 0.3 is 0 Å². The number of aryl methyl sites for hydroxylation is 1. The van der Waals surface area contributed by atoms with E-state index < -0.39 is 0 Å². The smallest absolute Gasteiger partial charge is 0.261 e. The van der Waals surface area contributed by atoms with Crippen molar-refractivity contribution in [2.24, 2.45) is 0 Å². The van der Waals surface area contributed by atoms with Crippen LogP contribution in [0.4, 0.5) is 5.82 Å². The highest BCUT2D eigenvalue weighted by atomic mass is 16.5. The fraction of sp³-hybridized carbons (Fsp3) is 0.562. The highest BCUT2D eigenvalue weighted by Gasteiger charge is 2.31. The fourth-order valence-electron chi connectivity index (χ4n) is 3.56. The second-order valence-electron chi connectivity index (χ2n) is 6.15. The summed E-state index contributed by atoms with van der Waals surface area (Å²) in [4.78, 5) is 13.9. The Morgan fingerprint density at radius 2 is 2.09 bits per heavy atom. The predicted octanol–water partition coefficient (Wildman–Crippen LogP) is 2.11. The van der Waals surface area contributed by atoms with Crippen molar-refractivity contribution in [2.75, 3.05) is 31.1 Å². The summed E-state index contributed by atoms with van der Waals surface area (Å²) in [6, 6.07) is 4.59. The van der Waals surface area contributed by atoms with Gasteiger partial charge in [0, 0.05) is 25.3 Å². The van der Waals surface area contributed by atoms with Crippen molar-refractivity contribution in [2.45, 2.75) is 32.2 Å². The van der Waals surface area contributed by atoms with Gasteiger partial charge in [-0.15, -0.1) is 0 Å². The summed E-state index contributed by atoms with van der Waals surface area (Å²) in [7, 11) is 0. The summed E-state index contributed by atoms with van der Waals surface area (Å²) >= 11 is 0. The van der Waals surface area contributed by atoms with Crippen molar-refractivity contribution >= 4 is 5.82 Å². The molecule has 6 nitrogen and oxygen atoms in total. The molecule has 0 amide bonds. The van der Waals surface area contributed by atoms with Crippen LogP contribution in [0.1, 0.15) is 25.1 Å². The number of pyridine rings is 1. The summed E-state index contributed by atoms with van der Waals surface area (Å²) in [6.45, 7) is 6.41. The molecule has 2 fully saturated rings. The minimum absolute atomic E-state index is 0.560. The maximum atomic E-state index is 5.34. The molecule has 0 aliphatic carbocycles. The molecular formula is C16H21N5O. The van der Waals surface area contributed by atoms with E-state index in [0.29, 0.717) is 17.8 Å². The van der Waals surface area contributed by atoms with E-state index in [1.807, 2.05) is 25.3 Å². The molecule has 2 aliphatic rings. The van der Waals surface area contributed by atoms with E-state index in [-0.39, 0.29) is 0 Å². The Morgan fingerprint density at radius 3 is 2.86 bits per heavy atom. The molecule has 0 bridgehead atoms. The van der Waals surface area contributed by atoms with Gasteiger partial charge in [0.05, 0.1) is 5.56 Å².